The minimum atomic E-state index is -0.382. The van der Waals surface area contributed by atoms with E-state index in [1.165, 1.54) is 13.1 Å². The number of nitrogens with zero attached hydrogens (tertiary/aromatic N) is 1. The van der Waals surface area contributed by atoms with E-state index in [0.29, 0.717) is 24.3 Å². The zero-order valence-corrected chi connectivity index (χ0v) is 9.32. The molecule has 0 saturated carbocycles. The van der Waals surface area contributed by atoms with Crippen LogP contribution in [0.2, 0.25) is 0 Å². The van der Waals surface area contributed by atoms with Crippen molar-refractivity contribution >= 4 is 5.97 Å². The highest BCUT2D eigenvalue weighted by atomic mass is 16.5. The molecule has 0 atom stereocenters. The van der Waals surface area contributed by atoms with E-state index >= 15 is 0 Å². The van der Waals surface area contributed by atoms with Crippen LogP contribution in [0.15, 0.2) is 18.5 Å². The first kappa shape index (κ1) is 12.2. The van der Waals surface area contributed by atoms with Crippen molar-refractivity contribution in [2.24, 2.45) is 0 Å². The van der Waals surface area contributed by atoms with E-state index in [4.69, 9.17) is 9.47 Å². The van der Waals surface area contributed by atoms with Crippen LogP contribution in [0.4, 0.5) is 0 Å². The molecule has 0 radical (unpaired) electrons. The van der Waals surface area contributed by atoms with Gasteiger partial charge in [0.2, 0.25) is 0 Å². The number of ether oxygens (including phenoxy) is 2. The third-order valence-corrected chi connectivity index (χ3v) is 1.69. The van der Waals surface area contributed by atoms with E-state index in [9.17, 15) is 4.79 Å². The summed E-state index contributed by atoms with van der Waals surface area (Å²) in [5, 5.41) is 0. The lowest BCUT2D eigenvalue weighted by Crippen LogP contribution is -2.03. The number of carbonyl (C=O) groups excluding carboxylic acids is 1. The molecular formula is C12H13NO3. The van der Waals surface area contributed by atoms with Crippen LogP contribution in [0.1, 0.15) is 18.9 Å². The van der Waals surface area contributed by atoms with Crippen molar-refractivity contribution in [3.63, 3.8) is 0 Å². The summed E-state index contributed by atoms with van der Waals surface area (Å²) in [4.78, 5) is 14.7. The Hall–Kier alpha value is -1.86. The van der Waals surface area contributed by atoms with Gasteiger partial charge in [-0.05, 0) is 6.07 Å². The summed E-state index contributed by atoms with van der Waals surface area (Å²) in [5.41, 5.74) is 0.654. The molecule has 0 aliphatic rings. The number of aromatic nitrogens is 1. The van der Waals surface area contributed by atoms with Crippen molar-refractivity contribution in [2.75, 3.05) is 13.7 Å². The molecule has 16 heavy (non-hydrogen) atoms. The van der Waals surface area contributed by atoms with E-state index in [0.717, 1.165) is 0 Å². The summed E-state index contributed by atoms with van der Waals surface area (Å²) in [6, 6.07) is 1.71. The van der Waals surface area contributed by atoms with Gasteiger partial charge in [-0.25, -0.2) is 0 Å². The van der Waals surface area contributed by atoms with E-state index in [2.05, 4.69) is 16.8 Å². The molecule has 0 aliphatic carbocycles. The Balaban J connectivity index is 2.76. The van der Waals surface area contributed by atoms with Crippen LogP contribution >= 0.6 is 0 Å². The number of pyridine rings is 1. The van der Waals surface area contributed by atoms with Gasteiger partial charge in [0.1, 0.15) is 0 Å². The fourth-order valence-electron chi connectivity index (χ4n) is 1.03. The lowest BCUT2D eigenvalue weighted by molar-refractivity contribution is -0.131. The molecule has 0 aromatic carbocycles. The van der Waals surface area contributed by atoms with Crippen LogP contribution in [0.5, 0.6) is 5.75 Å². The Morgan fingerprint density at radius 2 is 2.38 bits per heavy atom. The maximum absolute atomic E-state index is 10.8. The summed E-state index contributed by atoms with van der Waals surface area (Å²) in [6.07, 6.45) is 3.72. The van der Waals surface area contributed by atoms with Crippen molar-refractivity contribution in [2.45, 2.75) is 13.3 Å². The van der Waals surface area contributed by atoms with Crippen LogP contribution in [-0.2, 0) is 9.53 Å². The second-order valence-electron chi connectivity index (χ2n) is 3.01. The number of methoxy groups -OCH3 is 1. The molecule has 0 amide bonds. The standard InChI is InChI=1S/C12H13NO3/c1-10(14)16-12-9-13-7-6-11(12)5-3-4-8-15-2/h6-7,9H,4,8H2,1-2H3. The maximum Gasteiger partial charge on any atom is 0.308 e. The zero-order valence-electron chi connectivity index (χ0n) is 9.32. The van der Waals surface area contributed by atoms with Crippen molar-refractivity contribution in [3.8, 4) is 17.6 Å². The largest absolute Gasteiger partial charge is 0.424 e. The molecule has 0 saturated heterocycles. The number of hydrogen-bond acceptors (Lipinski definition) is 4. The highest BCUT2D eigenvalue weighted by Crippen LogP contribution is 2.14. The Kier molecular flexibility index (Phi) is 5.03. The second-order valence-corrected chi connectivity index (χ2v) is 3.01. The predicted molar refractivity (Wildman–Crippen MR) is 58.9 cm³/mol. The molecule has 4 heteroatoms. The lowest BCUT2D eigenvalue weighted by Gasteiger charge is -2.01. The molecule has 4 nitrogen and oxygen atoms in total. The van der Waals surface area contributed by atoms with Gasteiger partial charge in [0.15, 0.2) is 5.75 Å². The molecule has 0 aliphatic heterocycles. The number of rotatable bonds is 3. The van der Waals surface area contributed by atoms with Crippen LogP contribution in [-0.4, -0.2) is 24.7 Å². The third-order valence-electron chi connectivity index (χ3n) is 1.69. The topological polar surface area (TPSA) is 48.4 Å². The van der Waals surface area contributed by atoms with Gasteiger partial charge in [-0.1, -0.05) is 11.8 Å². The average molecular weight is 219 g/mol. The normalized spacial score (nSPS) is 9.12. The number of esters is 1. The lowest BCUT2D eigenvalue weighted by atomic mass is 10.2. The molecule has 0 N–H and O–H groups in total. The zero-order chi connectivity index (χ0) is 11.8. The molecule has 1 aromatic rings. The second kappa shape index (κ2) is 6.59. The molecule has 84 valence electrons. The number of hydrogen-bond donors (Lipinski definition) is 0. The fourth-order valence-corrected chi connectivity index (χ4v) is 1.03. The Bertz CT molecular complexity index is 418. The van der Waals surface area contributed by atoms with Gasteiger partial charge in [0, 0.05) is 26.7 Å². The summed E-state index contributed by atoms with van der Waals surface area (Å²) >= 11 is 0. The first-order valence-electron chi connectivity index (χ1n) is 4.84. The van der Waals surface area contributed by atoms with E-state index < -0.39 is 0 Å². The quantitative estimate of drug-likeness (QED) is 0.438. The minimum absolute atomic E-state index is 0.382. The van der Waals surface area contributed by atoms with E-state index in [1.807, 2.05) is 0 Å². The Morgan fingerprint density at radius 1 is 1.56 bits per heavy atom. The van der Waals surface area contributed by atoms with Crippen LogP contribution in [0.3, 0.4) is 0 Å². The Labute approximate surface area is 94.6 Å². The summed E-state index contributed by atoms with van der Waals surface area (Å²) in [6.45, 7) is 1.93. The van der Waals surface area contributed by atoms with Gasteiger partial charge >= 0.3 is 5.97 Å². The Morgan fingerprint density at radius 3 is 3.06 bits per heavy atom. The molecule has 0 unspecified atom stereocenters. The van der Waals surface area contributed by atoms with E-state index in [-0.39, 0.29) is 5.97 Å². The van der Waals surface area contributed by atoms with Crippen LogP contribution in [0, 0.1) is 11.8 Å². The van der Waals surface area contributed by atoms with Gasteiger partial charge in [0.25, 0.3) is 0 Å². The molecule has 1 heterocycles. The number of carbonyl (C=O) groups is 1. The highest BCUT2D eigenvalue weighted by molar-refractivity contribution is 5.70. The average Bonchev–Trinajstić information content (AvgIpc) is 2.26. The summed E-state index contributed by atoms with van der Waals surface area (Å²) < 4.78 is 9.84. The van der Waals surface area contributed by atoms with Gasteiger partial charge in [0.05, 0.1) is 18.4 Å². The van der Waals surface area contributed by atoms with E-state index in [1.54, 1.807) is 19.4 Å². The van der Waals surface area contributed by atoms with Crippen molar-refractivity contribution in [3.05, 3.63) is 24.0 Å². The molecule has 1 rings (SSSR count). The van der Waals surface area contributed by atoms with Crippen LogP contribution < -0.4 is 4.74 Å². The minimum Gasteiger partial charge on any atom is -0.424 e. The van der Waals surface area contributed by atoms with Gasteiger partial charge < -0.3 is 9.47 Å². The third kappa shape index (κ3) is 4.11. The first-order chi connectivity index (χ1) is 7.74. The molecule has 0 bridgehead atoms. The maximum atomic E-state index is 10.8. The molecule has 1 aromatic heterocycles. The van der Waals surface area contributed by atoms with Crippen molar-refractivity contribution in [1.29, 1.82) is 0 Å². The monoisotopic (exact) mass is 219 g/mol. The van der Waals surface area contributed by atoms with Gasteiger partial charge in [-0.15, -0.1) is 0 Å². The van der Waals surface area contributed by atoms with Gasteiger partial charge in [-0.2, -0.15) is 0 Å². The fraction of sp³-hybridized carbons (Fsp3) is 0.333. The summed E-state index contributed by atoms with van der Waals surface area (Å²) in [7, 11) is 1.62. The smallest absolute Gasteiger partial charge is 0.308 e. The summed E-state index contributed by atoms with van der Waals surface area (Å²) in [5.74, 6) is 5.84. The molecule has 0 fully saturated rings. The molecular weight excluding hydrogens is 206 g/mol. The van der Waals surface area contributed by atoms with Gasteiger partial charge in [-0.3, -0.25) is 9.78 Å². The molecule has 0 spiro atoms. The van der Waals surface area contributed by atoms with Crippen molar-refractivity contribution < 1.29 is 14.3 Å². The van der Waals surface area contributed by atoms with Crippen LogP contribution in [0.25, 0.3) is 0 Å². The highest BCUT2D eigenvalue weighted by Gasteiger charge is 2.02. The first-order valence-corrected chi connectivity index (χ1v) is 4.84. The van der Waals surface area contributed by atoms with Crippen molar-refractivity contribution in [1.82, 2.24) is 4.98 Å². The SMILES string of the molecule is COCCC#Cc1ccncc1OC(C)=O. The predicted octanol–water partition coefficient (Wildman–Crippen LogP) is 1.39.